The summed E-state index contributed by atoms with van der Waals surface area (Å²) in [6.07, 6.45) is 1.74. The van der Waals surface area contributed by atoms with Gasteiger partial charge >= 0.3 is 6.03 Å². The van der Waals surface area contributed by atoms with E-state index in [0.29, 0.717) is 25.7 Å². The summed E-state index contributed by atoms with van der Waals surface area (Å²) < 4.78 is 44.2. The lowest BCUT2D eigenvalue weighted by molar-refractivity contribution is 0.0592. The van der Waals surface area contributed by atoms with Gasteiger partial charge in [0.25, 0.3) is 0 Å². The second-order valence-corrected chi connectivity index (χ2v) is 5.12. The number of nitrogens with zero attached hydrogens (tertiary/aromatic N) is 1. The van der Waals surface area contributed by atoms with Gasteiger partial charge in [0.05, 0.1) is 0 Å². The first-order valence-corrected chi connectivity index (χ1v) is 6.71. The third kappa shape index (κ3) is 4.10. The molecule has 1 fully saturated rings. The Hall–Kier alpha value is -1.76. The first-order chi connectivity index (χ1) is 9.97. The molecule has 1 N–H and O–H groups in total. The van der Waals surface area contributed by atoms with Crippen LogP contribution in [0.3, 0.4) is 0 Å². The van der Waals surface area contributed by atoms with E-state index in [1.165, 1.54) is 4.90 Å². The summed E-state index contributed by atoms with van der Waals surface area (Å²) in [6, 6.07) is 1.00. The van der Waals surface area contributed by atoms with E-state index in [1.807, 2.05) is 0 Å². The van der Waals surface area contributed by atoms with E-state index >= 15 is 0 Å². The van der Waals surface area contributed by atoms with Gasteiger partial charge < -0.3 is 15.0 Å². The highest BCUT2D eigenvalue weighted by atomic mass is 19.2. The van der Waals surface area contributed by atoms with Crippen molar-refractivity contribution in [3.63, 3.8) is 0 Å². The maximum Gasteiger partial charge on any atom is 0.321 e. The quantitative estimate of drug-likeness (QED) is 0.872. The Morgan fingerprint density at radius 3 is 2.43 bits per heavy atom. The van der Waals surface area contributed by atoms with Crippen LogP contribution < -0.4 is 5.32 Å². The van der Waals surface area contributed by atoms with E-state index < -0.39 is 23.5 Å². The standard InChI is InChI=1S/C14H17F3N2O2/c1-19(8-9-2-4-21-5-3-9)14(20)18-10-6-11(15)13(17)12(16)7-10/h6-7,9H,2-5,8H2,1H3,(H,18,20). The van der Waals surface area contributed by atoms with Crippen molar-refractivity contribution in [2.75, 3.05) is 32.1 Å². The van der Waals surface area contributed by atoms with Crippen LogP contribution in [0.2, 0.25) is 0 Å². The lowest BCUT2D eigenvalue weighted by Gasteiger charge is -2.27. The normalized spacial score (nSPS) is 15.8. The fourth-order valence-electron chi connectivity index (χ4n) is 2.25. The molecule has 1 aliphatic heterocycles. The third-order valence-corrected chi connectivity index (χ3v) is 3.45. The second-order valence-electron chi connectivity index (χ2n) is 5.12. The molecule has 2 rings (SSSR count). The SMILES string of the molecule is CN(CC1CCOCC1)C(=O)Nc1cc(F)c(F)c(F)c1. The molecule has 1 aliphatic rings. The Kier molecular flexibility index (Phi) is 5.06. The van der Waals surface area contributed by atoms with Gasteiger partial charge in [0.1, 0.15) is 0 Å². The minimum absolute atomic E-state index is 0.116. The monoisotopic (exact) mass is 302 g/mol. The van der Waals surface area contributed by atoms with Crippen molar-refractivity contribution in [3.05, 3.63) is 29.6 Å². The van der Waals surface area contributed by atoms with E-state index in [1.54, 1.807) is 7.05 Å². The summed E-state index contributed by atoms with van der Waals surface area (Å²) in [5, 5.41) is 2.35. The van der Waals surface area contributed by atoms with Crippen LogP contribution in [0.25, 0.3) is 0 Å². The number of urea groups is 1. The summed E-state index contributed by atoms with van der Waals surface area (Å²) in [5.74, 6) is -3.88. The van der Waals surface area contributed by atoms with Crippen molar-refractivity contribution in [3.8, 4) is 0 Å². The Balaban J connectivity index is 1.94. The summed E-state index contributed by atoms with van der Waals surface area (Å²) in [6.45, 7) is 1.88. The molecule has 0 saturated carbocycles. The number of amides is 2. The first kappa shape index (κ1) is 15.6. The van der Waals surface area contributed by atoms with Gasteiger partial charge in [-0.3, -0.25) is 0 Å². The molecule has 116 valence electrons. The Morgan fingerprint density at radius 2 is 1.86 bits per heavy atom. The summed E-state index contributed by atoms with van der Waals surface area (Å²) >= 11 is 0. The van der Waals surface area contributed by atoms with Gasteiger partial charge in [-0.1, -0.05) is 0 Å². The molecule has 0 unspecified atom stereocenters. The molecular weight excluding hydrogens is 285 g/mol. The molecule has 0 aliphatic carbocycles. The highest BCUT2D eigenvalue weighted by Crippen LogP contribution is 2.19. The molecule has 0 radical (unpaired) electrons. The summed E-state index contributed by atoms with van der Waals surface area (Å²) in [5.41, 5.74) is -0.116. The maximum absolute atomic E-state index is 13.1. The zero-order valence-corrected chi connectivity index (χ0v) is 11.7. The van der Waals surface area contributed by atoms with Crippen molar-refractivity contribution < 1.29 is 22.7 Å². The maximum atomic E-state index is 13.1. The topological polar surface area (TPSA) is 41.6 Å². The van der Waals surface area contributed by atoms with Crippen LogP contribution in [0.4, 0.5) is 23.7 Å². The Morgan fingerprint density at radius 1 is 1.29 bits per heavy atom. The molecule has 4 nitrogen and oxygen atoms in total. The number of benzene rings is 1. The molecular formula is C14H17F3N2O2. The highest BCUT2D eigenvalue weighted by Gasteiger charge is 2.19. The van der Waals surface area contributed by atoms with Crippen LogP contribution in [0, 0.1) is 23.4 Å². The van der Waals surface area contributed by atoms with Crippen molar-refractivity contribution in [1.82, 2.24) is 4.90 Å². The number of hydrogen-bond donors (Lipinski definition) is 1. The molecule has 0 aromatic heterocycles. The van der Waals surface area contributed by atoms with Crippen molar-refractivity contribution >= 4 is 11.7 Å². The lowest BCUT2D eigenvalue weighted by Crippen LogP contribution is -2.37. The minimum Gasteiger partial charge on any atom is -0.381 e. The van der Waals surface area contributed by atoms with Crippen LogP contribution in [-0.2, 0) is 4.74 Å². The predicted molar refractivity (Wildman–Crippen MR) is 71.5 cm³/mol. The number of rotatable bonds is 3. The van der Waals surface area contributed by atoms with E-state index in [0.717, 1.165) is 25.0 Å². The van der Waals surface area contributed by atoms with Crippen molar-refractivity contribution in [2.45, 2.75) is 12.8 Å². The van der Waals surface area contributed by atoms with Gasteiger partial charge in [-0.2, -0.15) is 0 Å². The van der Waals surface area contributed by atoms with Gasteiger partial charge in [-0.15, -0.1) is 0 Å². The average Bonchev–Trinajstić information content (AvgIpc) is 2.45. The largest absolute Gasteiger partial charge is 0.381 e. The molecule has 0 atom stereocenters. The zero-order valence-electron chi connectivity index (χ0n) is 11.7. The number of nitrogens with one attached hydrogen (secondary N) is 1. The molecule has 1 saturated heterocycles. The number of anilines is 1. The number of hydrogen-bond acceptors (Lipinski definition) is 2. The fourth-order valence-corrected chi connectivity index (χ4v) is 2.25. The van der Waals surface area contributed by atoms with Crippen LogP contribution in [0.1, 0.15) is 12.8 Å². The number of carbonyl (C=O) groups is 1. The smallest absolute Gasteiger partial charge is 0.321 e. The van der Waals surface area contributed by atoms with Gasteiger partial charge in [-0.25, -0.2) is 18.0 Å². The molecule has 0 spiro atoms. The minimum atomic E-state index is -1.55. The summed E-state index contributed by atoms with van der Waals surface area (Å²) in [4.78, 5) is 13.4. The van der Waals surface area contributed by atoms with Gasteiger partial charge in [-0.05, 0) is 18.8 Å². The number of halogens is 3. The molecule has 1 aromatic rings. The molecule has 1 heterocycles. The predicted octanol–water partition coefficient (Wildman–Crippen LogP) is 2.99. The average molecular weight is 302 g/mol. The first-order valence-electron chi connectivity index (χ1n) is 6.71. The van der Waals surface area contributed by atoms with Crippen molar-refractivity contribution in [1.29, 1.82) is 0 Å². The number of carbonyl (C=O) groups excluding carboxylic acids is 1. The molecule has 0 bridgehead atoms. The van der Waals surface area contributed by atoms with E-state index in [2.05, 4.69) is 5.32 Å². The van der Waals surface area contributed by atoms with Crippen LogP contribution in [0.5, 0.6) is 0 Å². The fraction of sp³-hybridized carbons (Fsp3) is 0.500. The zero-order chi connectivity index (χ0) is 15.4. The lowest BCUT2D eigenvalue weighted by atomic mass is 10.00. The van der Waals surface area contributed by atoms with Crippen molar-refractivity contribution in [2.24, 2.45) is 5.92 Å². The number of ether oxygens (including phenoxy) is 1. The van der Waals surface area contributed by atoms with E-state index in [4.69, 9.17) is 4.74 Å². The van der Waals surface area contributed by atoms with Gasteiger partial charge in [0, 0.05) is 44.6 Å². The van der Waals surface area contributed by atoms with E-state index in [-0.39, 0.29) is 5.69 Å². The second kappa shape index (κ2) is 6.80. The third-order valence-electron chi connectivity index (χ3n) is 3.45. The van der Waals surface area contributed by atoms with Gasteiger partial charge in [0.2, 0.25) is 0 Å². The van der Waals surface area contributed by atoms with Crippen LogP contribution in [-0.4, -0.2) is 37.7 Å². The molecule has 2 amide bonds. The van der Waals surface area contributed by atoms with E-state index in [9.17, 15) is 18.0 Å². The molecule has 21 heavy (non-hydrogen) atoms. The summed E-state index contributed by atoms with van der Waals surface area (Å²) in [7, 11) is 1.60. The Bertz CT molecular complexity index is 496. The Labute approximate surface area is 120 Å². The molecule has 7 heteroatoms. The van der Waals surface area contributed by atoms with Crippen LogP contribution >= 0.6 is 0 Å². The van der Waals surface area contributed by atoms with Crippen LogP contribution in [0.15, 0.2) is 12.1 Å². The highest BCUT2D eigenvalue weighted by molar-refractivity contribution is 5.89. The molecule has 1 aromatic carbocycles. The van der Waals surface area contributed by atoms with Gasteiger partial charge in [0.15, 0.2) is 17.5 Å².